The smallest absolute Gasteiger partial charge is 0.416 e. The summed E-state index contributed by atoms with van der Waals surface area (Å²) in [7, 11) is 1.67. The van der Waals surface area contributed by atoms with Crippen LogP contribution in [0.3, 0.4) is 0 Å². The summed E-state index contributed by atoms with van der Waals surface area (Å²) in [6.07, 6.45) is 3.15. The lowest BCUT2D eigenvalue weighted by Gasteiger charge is -2.09. The van der Waals surface area contributed by atoms with E-state index in [1.165, 1.54) is 43.4 Å². The molecule has 0 bridgehead atoms. The molecule has 0 radical (unpaired) electrons. The molecule has 1 saturated heterocycles. The van der Waals surface area contributed by atoms with Gasteiger partial charge in [0.25, 0.3) is 0 Å². The van der Waals surface area contributed by atoms with E-state index in [0.717, 1.165) is 54.7 Å². The number of alkyl halides is 3. The summed E-state index contributed by atoms with van der Waals surface area (Å²) in [6, 6.07) is 20.4. The Morgan fingerprint density at radius 3 is 2.21 bits per heavy atom. The van der Waals surface area contributed by atoms with Crippen LogP contribution in [-0.2, 0) is 28.5 Å². The molecule has 0 amide bonds. The van der Waals surface area contributed by atoms with Crippen molar-refractivity contribution in [3.63, 3.8) is 0 Å². The Morgan fingerprint density at radius 1 is 0.816 bits per heavy atom. The molecule has 1 fully saturated rings. The normalized spacial score (nSPS) is 16.7. The van der Waals surface area contributed by atoms with Crippen molar-refractivity contribution in [2.45, 2.75) is 69.8 Å². The molecule has 3 aromatic rings. The van der Waals surface area contributed by atoms with E-state index in [0.29, 0.717) is 0 Å². The van der Waals surface area contributed by atoms with E-state index in [1.54, 1.807) is 7.11 Å². The van der Waals surface area contributed by atoms with Gasteiger partial charge in [-0.3, -0.25) is 0 Å². The van der Waals surface area contributed by atoms with Crippen molar-refractivity contribution in [2.75, 3.05) is 7.11 Å². The summed E-state index contributed by atoms with van der Waals surface area (Å²) in [5.41, 5.74) is 2.55. The average Bonchev–Trinajstić information content (AvgIpc) is 3.71. The fourth-order valence-corrected chi connectivity index (χ4v) is 4.62. The van der Waals surface area contributed by atoms with Gasteiger partial charge in [0.05, 0.1) is 12.7 Å². The minimum absolute atomic E-state index is 0.142. The monoisotopic (exact) mass is 526 g/mol. The molecule has 3 aromatic carbocycles. The Labute approximate surface area is 221 Å². The van der Waals surface area contributed by atoms with Crippen molar-refractivity contribution in [1.82, 2.24) is 0 Å². The maximum atomic E-state index is 12.9. The quantitative estimate of drug-likeness (QED) is 0.0984. The third-order valence-electron chi connectivity index (χ3n) is 6.79. The SMILES string of the molecule is COc1ccc(CCCCCCCCc2ccccc2C2OC2C(=O)Oc2cccc(C(F)(F)F)c2)cc1. The largest absolute Gasteiger partial charge is 0.497 e. The van der Waals surface area contributed by atoms with Crippen molar-refractivity contribution < 1.29 is 32.2 Å². The van der Waals surface area contributed by atoms with Gasteiger partial charge in [0.1, 0.15) is 17.6 Å². The first-order valence-electron chi connectivity index (χ1n) is 13.1. The van der Waals surface area contributed by atoms with Crippen molar-refractivity contribution in [1.29, 1.82) is 0 Å². The van der Waals surface area contributed by atoms with Crippen molar-refractivity contribution in [3.8, 4) is 11.5 Å². The van der Waals surface area contributed by atoms with Crippen LogP contribution < -0.4 is 9.47 Å². The zero-order chi connectivity index (χ0) is 27.0. The highest BCUT2D eigenvalue weighted by Gasteiger charge is 2.48. The maximum absolute atomic E-state index is 12.9. The number of unbranched alkanes of at least 4 members (excludes halogenated alkanes) is 5. The Morgan fingerprint density at radius 2 is 1.50 bits per heavy atom. The minimum atomic E-state index is -4.50. The van der Waals surface area contributed by atoms with Crippen LogP contribution in [0.25, 0.3) is 0 Å². The number of carbonyl (C=O) groups excluding carboxylic acids is 1. The molecule has 4 nitrogen and oxygen atoms in total. The van der Waals surface area contributed by atoms with Crippen LogP contribution in [0.2, 0.25) is 0 Å². The predicted molar refractivity (Wildman–Crippen MR) is 139 cm³/mol. The summed E-state index contributed by atoms with van der Waals surface area (Å²) in [5, 5.41) is 0. The number of carbonyl (C=O) groups is 1. The van der Waals surface area contributed by atoms with Crippen molar-refractivity contribution in [3.05, 3.63) is 95.1 Å². The number of methoxy groups -OCH3 is 1. The minimum Gasteiger partial charge on any atom is -0.497 e. The van der Waals surface area contributed by atoms with E-state index >= 15 is 0 Å². The molecule has 7 heteroatoms. The Balaban J connectivity index is 1.17. The van der Waals surface area contributed by atoms with Crippen molar-refractivity contribution in [2.24, 2.45) is 0 Å². The van der Waals surface area contributed by atoms with E-state index in [9.17, 15) is 18.0 Å². The van der Waals surface area contributed by atoms with Gasteiger partial charge in [-0.05, 0) is 72.7 Å². The van der Waals surface area contributed by atoms with Gasteiger partial charge in [-0.1, -0.05) is 68.1 Å². The Bertz CT molecular complexity index is 1190. The van der Waals surface area contributed by atoms with Gasteiger partial charge in [0.2, 0.25) is 0 Å². The second kappa shape index (κ2) is 13.0. The number of benzene rings is 3. The van der Waals surface area contributed by atoms with Gasteiger partial charge in [0.15, 0.2) is 6.10 Å². The molecule has 4 rings (SSSR count). The third kappa shape index (κ3) is 7.84. The Hall–Kier alpha value is -3.32. The van der Waals surface area contributed by atoms with Gasteiger partial charge >= 0.3 is 12.1 Å². The molecule has 38 heavy (non-hydrogen) atoms. The summed E-state index contributed by atoms with van der Waals surface area (Å²) in [6.45, 7) is 0. The number of halogens is 3. The van der Waals surface area contributed by atoms with E-state index in [-0.39, 0.29) is 5.75 Å². The first-order chi connectivity index (χ1) is 18.3. The predicted octanol–water partition coefficient (Wildman–Crippen LogP) is 7.89. The molecule has 0 N–H and O–H groups in total. The molecule has 202 valence electrons. The first-order valence-corrected chi connectivity index (χ1v) is 13.1. The van der Waals surface area contributed by atoms with E-state index in [4.69, 9.17) is 14.2 Å². The van der Waals surface area contributed by atoms with Crippen LogP contribution >= 0.6 is 0 Å². The lowest BCUT2D eigenvalue weighted by molar-refractivity contribution is -0.139. The topological polar surface area (TPSA) is 48.1 Å². The first kappa shape index (κ1) is 27.7. The number of esters is 1. The van der Waals surface area contributed by atoms with Crippen molar-refractivity contribution >= 4 is 5.97 Å². The standard InChI is InChI=1S/C31H33F3O4/c1-36-25-19-17-22(18-20-25)11-6-4-2-3-5-7-12-23-13-8-9-16-27(23)28-29(38-28)30(35)37-26-15-10-14-24(21-26)31(32,33)34/h8-10,13-21,28-29H,2-7,11-12H2,1H3. The molecular weight excluding hydrogens is 493 g/mol. The highest BCUT2D eigenvalue weighted by molar-refractivity contribution is 5.80. The molecule has 2 atom stereocenters. The van der Waals surface area contributed by atoms with Crippen LogP contribution in [0, 0.1) is 0 Å². The molecule has 0 saturated carbocycles. The maximum Gasteiger partial charge on any atom is 0.416 e. The lowest BCUT2D eigenvalue weighted by Crippen LogP contribution is -2.16. The summed E-state index contributed by atoms with van der Waals surface area (Å²) < 4.78 is 54.7. The molecule has 1 aliphatic heterocycles. The number of ether oxygens (including phenoxy) is 3. The number of aryl methyl sites for hydroxylation is 2. The molecule has 1 aliphatic rings. The third-order valence-corrected chi connectivity index (χ3v) is 6.79. The zero-order valence-electron chi connectivity index (χ0n) is 21.5. The van der Waals surface area contributed by atoms with E-state index in [1.807, 2.05) is 36.4 Å². The molecule has 1 heterocycles. The lowest BCUT2D eigenvalue weighted by atomic mass is 9.97. The second-order valence-corrected chi connectivity index (χ2v) is 9.59. The van der Waals surface area contributed by atoms with Crippen LogP contribution in [0.4, 0.5) is 13.2 Å². The van der Waals surface area contributed by atoms with Gasteiger partial charge in [-0.2, -0.15) is 13.2 Å². The molecule has 2 unspecified atom stereocenters. The number of hydrogen-bond donors (Lipinski definition) is 0. The molecule has 0 aromatic heterocycles. The summed E-state index contributed by atoms with van der Waals surface area (Å²) in [4.78, 5) is 12.5. The van der Waals surface area contributed by atoms with Gasteiger partial charge in [0, 0.05) is 0 Å². The van der Waals surface area contributed by atoms with E-state index in [2.05, 4.69) is 12.1 Å². The van der Waals surface area contributed by atoms with E-state index < -0.39 is 29.9 Å². The van der Waals surface area contributed by atoms with Crippen LogP contribution in [-0.4, -0.2) is 19.2 Å². The summed E-state index contributed by atoms with van der Waals surface area (Å²) >= 11 is 0. The highest BCUT2D eigenvalue weighted by Crippen LogP contribution is 2.42. The zero-order valence-corrected chi connectivity index (χ0v) is 21.5. The number of epoxide rings is 1. The van der Waals surface area contributed by atoms with Gasteiger partial charge in [-0.15, -0.1) is 0 Å². The Kier molecular flexibility index (Phi) is 9.45. The van der Waals surface area contributed by atoms with Gasteiger partial charge in [-0.25, -0.2) is 4.79 Å². The van der Waals surface area contributed by atoms with Gasteiger partial charge < -0.3 is 14.2 Å². The van der Waals surface area contributed by atoms with Crippen LogP contribution in [0.15, 0.2) is 72.8 Å². The molecule has 0 spiro atoms. The second-order valence-electron chi connectivity index (χ2n) is 9.59. The average molecular weight is 527 g/mol. The number of hydrogen-bond acceptors (Lipinski definition) is 4. The van der Waals surface area contributed by atoms with Crippen LogP contribution in [0.5, 0.6) is 11.5 Å². The van der Waals surface area contributed by atoms with Crippen LogP contribution in [0.1, 0.15) is 66.9 Å². The fourth-order valence-electron chi connectivity index (χ4n) is 4.62. The fraction of sp³-hybridized carbons (Fsp3) is 0.387. The highest BCUT2D eigenvalue weighted by atomic mass is 19.4. The molecular formula is C31H33F3O4. The number of rotatable bonds is 13. The summed E-state index contributed by atoms with van der Waals surface area (Å²) in [5.74, 6) is 0.0595. The molecule has 0 aliphatic carbocycles.